The van der Waals surface area contributed by atoms with Gasteiger partial charge in [-0.05, 0) is 55.2 Å². The summed E-state index contributed by atoms with van der Waals surface area (Å²) in [5.41, 5.74) is 8.29. The quantitative estimate of drug-likeness (QED) is 0.872. The molecule has 2 unspecified atom stereocenters. The highest BCUT2D eigenvalue weighted by Crippen LogP contribution is 2.34. The Morgan fingerprint density at radius 2 is 1.65 bits per heavy atom. The van der Waals surface area contributed by atoms with Crippen molar-refractivity contribution in [2.24, 2.45) is 17.6 Å². The van der Waals surface area contributed by atoms with Crippen LogP contribution in [0.25, 0.3) is 0 Å². The van der Waals surface area contributed by atoms with Crippen molar-refractivity contribution in [3.05, 3.63) is 29.8 Å². The van der Waals surface area contributed by atoms with E-state index in [-0.39, 0.29) is 0 Å². The molecule has 1 saturated carbocycles. The van der Waals surface area contributed by atoms with Gasteiger partial charge in [0.2, 0.25) is 0 Å². The van der Waals surface area contributed by atoms with Crippen LogP contribution < -0.4 is 10.6 Å². The number of benzene rings is 1. The van der Waals surface area contributed by atoms with Gasteiger partial charge in [0.05, 0.1) is 0 Å². The lowest BCUT2D eigenvalue weighted by atomic mass is 9.79. The highest BCUT2D eigenvalue weighted by Gasteiger charge is 2.28. The summed E-state index contributed by atoms with van der Waals surface area (Å²) in [6, 6.07) is 9.56. The van der Waals surface area contributed by atoms with E-state index in [1.807, 2.05) is 0 Å². The number of anilines is 1. The third kappa shape index (κ3) is 3.76. The van der Waals surface area contributed by atoms with E-state index in [9.17, 15) is 0 Å². The van der Waals surface area contributed by atoms with E-state index >= 15 is 0 Å². The summed E-state index contributed by atoms with van der Waals surface area (Å²) in [5.74, 6) is 1.71. The van der Waals surface area contributed by atoms with Gasteiger partial charge in [0.1, 0.15) is 0 Å². The molecule has 1 aliphatic carbocycles. The molecule has 2 nitrogen and oxygen atoms in total. The standard InChI is InChI=1S/C18H30N2/c1-4-9-20(17-7-5-16(13-19)6-8-17)18-11-14(2)10-15(3)12-18/h5-8,14-15,18H,4,9-13,19H2,1-3H3. The normalized spacial score (nSPS) is 26.5. The van der Waals surface area contributed by atoms with Crippen LogP contribution in [0.2, 0.25) is 0 Å². The fraction of sp³-hybridized carbons (Fsp3) is 0.667. The molecule has 0 spiro atoms. The number of hydrogen-bond acceptors (Lipinski definition) is 2. The van der Waals surface area contributed by atoms with Crippen LogP contribution in [0.15, 0.2) is 24.3 Å². The van der Waals surface area contributed by atoms with Crippen molar-refractivity contribution < 1.29 is 0 Å². The first kappa shape index (κ1) is 15.4. The second-order valence-electron chi connectivity index (χ2n) is 6.64. The Labute approximate surface area is 124 Å². The zero-order valence-electron chi connectivity index (χ0n) is 13.3. The number of hydrogen-bond donors (Lipinski definition) is 1. The van der Waals surface area contributed by atoms with E-state index in [2.05, 4.69) is 49.9 Å². The van der Waals surface area contributed by atoms with Gasteiger partial charge in [0.25, 0.3) is 0 Å². The summed E-state index contributed by atoms with van der Waals surface area (Å²) in [4.78, 5) is 2.63. The summed E-state index contributed by atoms with van der Waals surface area (Å²) >= 11 is 0. The molecule has 1 aromatic rings. The zero-order chi connectivity index (χ0) is 14.5. The molecule has 0 bridgehead atoms. The molecule has 2 heteroatoms. The van der Waals surface area contributed by atoms with Gasteiger partial charge in [0, 0.05) is 24.8 Å². The summed E-state index contributed by atoms with van der Waals surface area (Å²) < 4.78 is 0. The van der Waals surface area contributed by atoms with E-state index in [0.29, 0.717) is 12.6 Å². The van der Waals surface area contributed by atoms with Crippen LogP contribution in [0.5, 0.6) is 0 Å². The molecular weight excluding hydrogens is 244 g/mol. The predicted molar refractivity (Wildman–Crippen MR) is 87.9 cm³/mol. The molecule has 112 valence electrons. The lowest BCUT2D eigenvalue weighted by Gasteiger charge is -2.40. The average molecular weight is 274 g/mol. The predicted octanol–water partition coefficient (Wildman–Crippen LogP) is 4.19. The molecule has 20 heavy (non-hydrogen) atoms. The smallest absolute Gasteiger partial charge is 0.0368 e. The highest BCUT2D eigenvalue weighted by molar-refractivity contribution is 5.48. The van der Waals surface area contributed by atoms with Gasteiger partial charge in [-0.25, -0.2) is 0 Å². The van der Waals surface area contributed by atoms with Gasteiger partial charge >= 0.3 is 0 Å². The summed E-state index contributed by atoms with van der Waals surface area (Å²) in [7, 11) is 0. The molecule has 0 aromatic heterocycles. The highest BCUT2D eigenvalue weighted by atomic mass is 15.2. The first-order chi connectivity index (χ1) is 9.63. The van der Waals surface area contributed by atoms with E-state index in [4.69, 9.17) is 5.73 Å². The Morgan fingerprint density at radius 3 is 2.15 bits per heavy atom. The topological polar surface area (TPSA) is 29.3 Å². The van der Waals surface area contributed by atoms with Gasteiger partial charge in [-0.15, -0.1) is 0 Å². The van der Waals surface area contributed by atoms with Gasteiger partial charge in [-0.1, -0.05) is 32.9 Å². The monoisotopic (exact) mass is 274 g/mol. The van der Waals surface area contributed by atoms with Crippen LogP contribution in [0.4, 0.5) is 5.69 Å². The Bertz CT molecular complexity index is 388. The van der Waals surface area contributed by atoms with Crippen molar-refractivity contribution in [2.45, 2.75) is 59.0 Å². The Hall–Kier alpha value is -1.02. The van der Waals surface area contributed by atoms with Crippen LogP contribution >= 0.6 is 0 Å². The largest absolute Gasteiger partial charge is 0.369 e. The Balaban J connectivity index is 2.16. The molecule has 0 heterocycles. The molecular formula is C18H30N2. The third-order valence-electron chi connectivity index (χ3n) is 4.56. The average Bonchev–Trinajstić information content (AvgIpc) is 2.44. The minimum absolute atomic E-state index is 0.631. The Morgan fingerprint density at radius 1 is 1.05 bits per heavy atom. The number of nitrogens with zero attached hydrogens (tertiary/aromatic N) is 1. The summed E-state index contributed by atoms with van der Waals surface area (Å²) in [6.07, 6.45) is 5.27. The fourth-order valence-electron chi connectivity index (χ4n) is 3.75. The number of nitrogens with two attached hydrogens (primary N) is 1. The van der Waals surface area contributed by atoms with Crippen LogP contribution in [-0.4, -0.2) is 12.6 Å². The van der Waals surface area contributed by atoms with Crippen LogP contribution in [0, 0.1) is 11.8 Å². The van der Waals surface area contributed by atoms with Crippen molar-refractivity contribution >= 4 is 5.69 Å². The first-order valence-corrected chi connectivity index (χ1v) is 8.19. The fourth-order valence-corrected chi connectivity index (χ4v) is 3.75. The molecule has 1 aromatic carbocycles. The van der Waals surface area contributed by atoms with E-state index in [1.54, 1.807) is 0 Å². The van der Waals surface area contributed by atoms with Crippen LogP contribution in [0.1, 0.15) is 52.0 Å². The lowest BCUT2D eigenvalue weighted by Crippen LogP contribution is -2.41. The Kier molecular flexibility index (Phi) is 5.47. The van der Waals surface area contributed by atoms with Crippen LogP contribution in [0.3, 0.4) is 0 Å². The third-order valence-corrected chi connectivity index (χ3v) is 4.56. The molecule has 1 aliphatic rings. The van der Waals surface area contributed by atoms with Gasteiger partial charge in [-0.3, -0.25) is 0 Å². The number of rotatable bonds is 5. The zero-order valence-corrected chi connectivity index (χ0v) is 13.3. The SMILES string of the molecule is CCCN(c1ccc(CN)cc1)C1CC(C)CC(C)C1. The molecule has 2 N–H and O–H groups in total. The molecule has 0 aliphatic heterocycles. The van der Waals surface area contributed by atoms with Crippen molar-refractivity contribution in [3.8, 4) is 0 Å². The molecule has 0 amide bonds. The maximum Gasteiger partial charge on any atom is 0.0368 e. The van der Waals surface area contributed by atoms with Gasteiger partial charge in [-0.2, -0.15) is 0 Å². The van der Waals surface area contributed by atoms with Crippen molar-refractivity contribution in [3.63, 3.8) is 0 Å². The van der Waals surface area contributed by atoms with Crippen molar-refractivity contribution in [1.29, 1.82) is 0 Å². The minimum Gasteiger partial charge on any atom is -0.369 e. The van der Waals surface area contributed by atoms with Crippen molar-refractivity contribution in [1.82, 2.24) is 0 Å². The second kappa shape index (κ2) is 7.12. The van der Waals surface area contributed by atoms with Gasteiger partial charge in [0.15, 0.2) is 0 Å². The van der Waals surface area contributed by atoms with E-state index in [1.165, 1.54) is 36.9 Å². The van der Waals surface area contributed by atoms with Crippen molar-refractivity contribution in [2.75, 3.05) is 11.4 Å². The molecule has 1 fully saturated rings. The molecule has 0 radical (unpaired) electrons. The lowest BCUT2D eigenvalue weighted by molar-refractivity contribution is 0.259. The van der Waals surface area contributed by atoms with E-state index < -0.39 is 0 Å². The maximum absolute atomic E-state index is 5.70. The first-order valence-electron chi connectivity index (χ1n) is 8.19. The van der Waals surface area contributed by atoms with E-state index in [0.717, 1.165) is 18.4 Å². The summed E-state index contributed by atoms with van der Waals surface area (Å²) in [6.45, 7) is 8.88. The van der Waals surface area contributed by atoms with Gasteiger partial charge < -0.3 is 10.6 Å². The molecule has 0 saturated heterocycles. The summed E-state index contributed by atoms with van der Waals surface area (Å²) in [5, 5.41) is 0. The molecule has 2 atom stereocenters. The minimum atomic E-state index is 0.631. The maximum atomic E-state index is 5.70. The van der Waals surface area contributed by atoms with Crippen LogP contribution in [-0.2, 0) is 6.54 Å². The second-order valence-corrected chi connectivity index (χ2v) is 6.64. The molecule has 2 rings (SSSR count).